The fourth-order valence-electron chi connectivity index (χ4n) is 3.55. The molecule has 29 heavy (non-hydrogen) atoms. The number of anilines is 2. The highest BCUT2D eigenvalue weighted by atomic mass is 16.1. The smallest absolute Gasteiger partial charge is 0.185 e. The van der Waals surface area contributed by atoms with E-state index in [0.29, 0.717) is 11.4 Å². The zero-order valence-corrected chi connectivity index (χ0v) is 16.6. The summed E-state index contributed by atoms with van der Waals surface area (Å²) in [6.45, 7) is 4.02. The van der Waals surface area contributed by atoms with Crippen molar-refractivity contribution in [3.05, 3.63) is 72.3 Å². The van der Waals surface area contributed by atoms with Gasteiger partial charge in [-0.3, -0.25) is 14.8 Å². The molecule has 3 aromatic rings. The normalized spacial score (nSPS) is 14.7. The molecule has 1 aliphatic rings. The predicted molar refractivity (Wildman–Crippen MR) is 116 cm³/mol. The van der Waals surface area contributed by atoms with Crippen LogP contribution in [0.25, 0.3) is 11.1 Å². The van der Waals surface area contributed by atoms with Crippen molar-refractivity contribution in [3.63, 3.8) is 0 Å². The first-order valence-electron chi connectivity index (χ1n) is 9.82. The number of rotatable bonds is 5. The van der Waals surface area contributed by atoms with Gasteiger partial charge >= 0.3 is 0 Å². The molecule has 1 aromatic carbocycles. The summed E-state index contributed by atoms with van der Waals surface area (Å²) < 4.78 is 0. The lowest BCUT2D eigenvalue weighted by molar-refractivity contribution is 0.0988. The highest BCUT2D eigenvalue weighted by Crippen LogP contribution is 2.24. The predicted octanol–water partition coefficient (Wildman–Crippen LogP) is 2.90. The van der Waals surface area contributed by atoms with Gasteiger partial charge in [-0.1, -0.05) is 6.07 Å². The molecule has 6 heteroatoms. The van der Waals surface area contributed by atoms with Gasteiger partial charge in [-0.25, -0.2) is 0 Å². The van der Waals surface area contributed by atoms with E-state index < -0.39 is 0 Å². The van der Waals surface area contributed by atoms with Crippen LogP contribution in [0.5, 0.6) is 0 Å². The van der Waals surface area contributed by atoms with Gasteiger partial charge in [0.15, 0.2) is 5.78 Å². The number of nitrogen functional groups attached to an aromatic ring is 1. The van der Waals surface area contributed by atoms with Crippen LogP contribution in [-0.2, 0) is 6.42 Å². The summed E-state index contributed by atoms with van der Waals surface area (Å²) in [6, 6.07) is 13.5. The molecular formula is C23H25N5O. The van der Waals surface area contributed by atoms with Crippen molar-refractivity contribution >= 4 is 17.2 Å². The molecule has 6 nitrogen and oxygen atoms in total. The first-order chi connectivity index (χ1) is 14.1. The van der Waals surface area contributed by atoms with Crippen molar-refractivity contribution < 1.29 is 4.79 Å². The Kier molecular flexibility index (Phi) is 5.53. The molecule has 148 valence electrons. The Morgan fingerprint density at radius 3 is 2.45 bits per heavy atom. The van der Waals surface area contributed by atoms with Gasteiger partial charge in [0.1, 0.15) is 5.69 Å². The van der Waals surface area contributed by atoms with E-state index in [4.69, 9.17) is 5.73 Å². The number of hydrogen-bond acceptors (Lipinski definition) is 6. The Hall–Kier alpha value is -3.25. The van der Waals surface area contributed by atoms with Gasteiger partial charge in [0.2, 0.25) is 0 Å². The Labute approximate surface area is 171 Å². The summed E-state index contributed by atoms with van der Waals surface area (Å²) in [5, 5.41) is 0. The van der Waals surface area contributed by atoms with Crippen molar-refractivity contribution in [3.8, 4) is 11.1 Å². The van der Waals surface area contributed by atoms with Crippen LogP contribution < -0.4 is 10.6 Å². The van der Waals surface area contributed by atoms with Crippen molar-refractivity contribution in [2.45, 2.75) is 6.42 Å². The Morgan fingerprint density at radius 2 is 1.76 bits per heavy atom. The molecule has 2 N–H and O–H groups in total. The molecule has 0 bridgehead atoms. The van der Waals surface area contributed by atoms with Gasteiger partial charge in [0.05, 0.1) is 11.9 Å². The van der Waals surface area contributed by atoms with E-state index >= 15 is 0 Å². The second-order valence-corrected chi connectivity index (χ2v) is 7.44. The van der Waals surface area contributed by atoms with Gasteiger partial charge in [-0.05, 0) is 60.1 Å². The van der Waals surface area contributed by atoms with Gasteiger partial charge in [0.25, 0.3) is 0 Å². The van der Waals surface area contributed by atoms with E-state index in [1.54, 1.807) is 18.6 Å². The fraction of sp³-hybridized carbons (Fsp3) is 0.261. The van der Waals surface area contributed by atoms with Crippen molar-refractivity contribution in [2.75, 3.05) is 43.9 Å². The summed E-state index contributed by atoms with van der Waals surface area (Å²) in [5.41, 5.74) is 11.2. The maximum atomic E-state index is 12.8. The summed E-state index contributed by atoms with van der Waals surface area (Å²) in [5.74, 6) is -0.0338. The van der Waals surface area contributed by atoms with E-state index in [2.05, 4.69) is 26.8 Å². The van der Waals surface area contributed by atoms with Crippen molar-refractivity contribution in [1.29, 1.82) is 0 Å². The number of aromatic nitrogens is 2. The lowest BCUT2D eigenvalue weighted by atomic mass is 9.99. The number of Topliss-reactive ketones (excluding diaryl/α,β-unsaturated/α-hetero) is 1. The minimum absolute atomic E-state index is 0.0338. The minimum atomic E-state index is -0.0338. The molecule has 2 aromatic heterocycles. The number of carbonyl (C=O) groups is 1. The number of hydrogen-bond donors (Lipinski definition) is 1. The van der Waals surface area contributed by atoms with E-state index in [-0.39, 0.29) is 12.2 Å². The highest BCUT2D eigenvalue weighted by molar-refractivity contribution is 5.96. The number of nitrogens with zero attached hydrogens (tertiary/aromatic N) is 4. The summed E-state index contributed by atoms with van der Waals surface area (Å²) in [6.07, 6.45) is 5.53. The van der Waals surface area contributed by atoms with Gasteiger partial charge in [-0.15, -0.1) is 0 Å². The number of likely N-dealkylation sites (N-methyl/N-ethyl adjacent to an activating group) is 1. The molecule has 3 heterocycles. The SMILES string of the molecule is CN1CCN(c2ccc(C(=O)Cc3cc(-c4ccncc4)ccc3N)nc2)CC1. The zero-order chi connectivity index (χ0) is 20.2. The lowest BCUT2D eigenvalue weighted by Gasteiger charge is -2.33. The molecule has 1 fully saturated rings. The summed E-state index contributed by atoms with van der Waals surface area (Å²) in [7, 11) is 2.13. The largest absolute Gasteiger partial charge is 0.398 e. The van der Waals surface area contributed by atoms with E-state index in [1.165, 1.54) is 0 Å². The van der Waals surface area contributed by atoms with Crippen molar-refractivity contribution in [2.24, 2.45) is 0 Å². The number of pyridine rings is 2. The molecule has 0 unspecified atom stereocenters. The van der Waals surface area contributed by atoms with Crippen LogP contribution in [0.2, 0.25) is 0 Å². The first-order valence-corrected chi connectivity index (χ1v) is 9.82. The van der Waals surface area contributed by atoms with E-state index in [1.807, 2.05) is 42.5 Å². The average Bonchev–Trinajstić information content (AvgIpc) is 2.76. The van der Waals surface area contributed by atoms with Crippen LogP contribution in [0.3, 0.4) is 0 Å². The molecule has 1 saturated heterocycles. The highest BCUT2D eigenvalue weighted by Gasteiger charge is 2.16. The molecule has 0 spiro atoms. The third-order valence-corrected chi connectivity index (χ3v) is 5.41. The lowest BCUT2D eigenvalue weighted by Crippen LogP contribution is -2.44. The monoisotopic (exact) mass is 387 g/mol. The fourth-order valence-corrected chi connectivity index (χ4v) is 3.55. The van der Waals surface area contributed by atoms with Gasteiger partial charge in [-0.2, -0.15) is 0 Å². The topological polar surface area (TPSA) is 75.3 Å². The van der Waals surface area contributed by atoms with Crippen LogP contribution in [0.1, 0.15) is 16.1 Å². The second kappa shape index (κ2) is 8.41. The summed E-state index contributed by atoms with van der Waals surface area (Å²) in [4.78, 5) is 25.9. The van der Waals surface area contributed by atoms with E-state index in [9.17, 15) is 4.79 Å². The van der Waals surface area contributed by atoms with Crippen LogP contribution in [0.4, 0.5) is 11.4 Å². The Balaban J connectivity index is 1.48. The maximum absolute atomic E-state index is 12.8. The second-order valence-electron chi connectivity index (χ2n) is 7.44. The third kappa shape index (κ3) is 4.43. The number of piperazine rings is 1. The molecule has 0 aliphatic carbocycles. The first kappa shape index (κ1) is 19.1. The molecule has 0 amide bonds. The third-order valence-electron chi connectivity index (χ3n) is 5.41. The number of benzene rings is 1. The minimum Gasteiger partial charge on any atom is -0.398 e. The quantitative estimate of drug-likeness (QED) is 0.536. The van der Waals surface area contributed by atoms with E-state index in [0.717, 1.165) is 48.6 Å². The number of nitrogens with two attached hydrogens (primary N) is 1. The van der Waals surface area contributed by atoms with Crippen LogP contribution in [0, 0.1) is 0 Å². The zero-order valence-electron chi connectivity index (χ0n) is 16.6. The van der Waals surface area contributed by atoms with Crippen molar-refractivity contribution in [1.82, 2.24) is 14.9 Å². The van der Waals surface area contributed by atoms with Gasteiger partial charge in [0, 0.05) is 50.7 Å². The number of carbonyl (C=O) groups excluding carboxylic acids is 1. The molecule has 0 atom stereocenters. The Bertz CT molecular complexity index is 980. The van der Waals surface area contributed by atoms with Gasteiger partial charge < -0.3 is 15.5 Å². The molecule has 0 saturated carbocycles. The summed E-state index contributed by atoms with van der Waals surface area (Å²) >= 11 is 0. The maximum Gasteiger partial charge on any atom is 0.185 e. The van der Waals surface area contributed by atoms with Crippen LogP contribution in [-0.4, -0.2) is 53.9 Å². The van der Waals surface area contributed by atoms with Crippen LogP contribution in [0.15, 0.2) is 61.1 Å². The number of ketones is 1. The Morgan fingerprint density at radius 1 is 1.00 bits per heavy atom. The average molecular weight is 387 g/mol. The standard InChI is InChI=1S/C23H25N5O/c1-27-10-12-28(13-11-27)20-3-5-22(26-16-20)23(29)15-19-14-18(2-4-21(19)24)17-6-8-25-9-7-17/h2-9,14,16H,10-13,15,24H2,1H3. The molecule has 1 aliphatic heterocycles. The van der Waals surface area contributed by atoms with Crippen LogP contribution >= 0.6 is 0 Å². The molecule has 4 rings (SSSR count). The molecule has 0 radical (unpaired) electrons. The molecular weight excluding hydrogens is 362 g/mol.